The summed E-state index contributed by atoms with van der Waals surface area (Å²) in [7, 11) is 0. The second-order valence-corrected chi connectivity index (χ2v) is 6.36. The van der Waals surface area contributed by atoms with Gasteiger partial charge in [-0.05, 0) is 37.3 Å². The molecule has 0 spiro atoms. The van der Waals surface area contributed by atoms with Crippen LogP contribution in [0.4, 0.5) is 5.69 Å². The summed E-state index contributed by atoms with van der Waals surface area (Å²) in [6.45, 7) is 0.715. The first kappa shape index (κ1) is 15.1. The second-order valence-electron chi connectivity index (χ2n) is 6.36. The van der Waals surface area contributed by atoms with Crippen molar-refractivity contribution in [2.24, 2.45) is 0 Å². The van der Waals surface area contributed by atoms with Gasteiger partial charge in [0.2, 0.25) is 11.8 Å². The monoisotopic (exact) mass is 300 g/mol. The standard InChI is InChI=1S/C18H24N2O2/c21-17(19-15-9-2-1-3-10-15)13-18(22)20-12-6-8-14-7-4-5-11-16(14)20/h4-5,7,11,15H,1-3,6,8-10,12-13H2,(H,19,21). The lowest BCUT2D eigenvalue weighted by atomic mass is 9.95. The van der Waals surface area contributed by atoms with E-state index >= 15 is 0 Å². The largest absolute Gasteiger partial charge is 0.353 e. The molecule has 1 fully saturated rings. The number of aryl methyl sites for hydroxylation is 1. The Bertz CT molecular complexity index is 550. The van der Waals surface area contributed by atoms with Crippen LogP contribution in [-0.2, 0) is 16.0 Å². The van der Waals surface area contributed by atoms with Gasteiger partial charge in [0.25, 0.3) is 0 Å². The number of benzene rings is 1. The number of anilines is 1. The van der Waals surface area contributed by atoms with Crippen LogP contribution in [-0.4, -0.2) is 24.4 Å². The molecule has 22 heavy (non-hydrogen) atoms. The van der Waals surface area contributed by atoms with E-state index in [2.05, 4.69) is 11.4 Å². The van der Waals surface area contributed by atoms with E-state index in [1.807, 2.05) is 18.2 Å². The topological polar surface area (TPSA) is 49.4 Å². The number of nitrogens with one attached hydrogen (secondary N) is 1. The highest BCUT2D eigenvalue weighted by molar-refractivity contribution is 6.05. The Hall–Kier alpha value is -1.84. The summed E-state index contributed by atoms with van der Waals surface area (Å²) in [6.07, 6.45) is 7.65. The first-order valence-electron chi connectivity index (χ1n) is 8.41. The average Bonchev–Trinajstić information content (AvgIpc) is 2.55. The van der Waals surface area contributed by atoms with Crippen molar-refractivity contribution in [3.8, 4) is 0 Å². The molecule has 1 N–H and O–H groups in total. The lowest BCUT2D eigenvalue weighted by Gasteiger charge is -2.29. The number of hydrogen-bond donors (Lipinski definition) is 1. The Labute approximate surface area is 131 Å². The fourth-order valence-electron chi connectivity index (χ4n) is 3.55. The van der Waals surface area contributed by atoms with E-state index in [1.165, 1.54) is 24.8 Å². The molecular weight excluding hydrogens is 276 g/mol. The van der Waals surface area contributed by atoms with Gasteiger partial charge >= 0.3 is 0 Å². The van der Waals surface area contributed by atoms with E-state index in [4.69, 9.17) is 0 Å². The molecule has 1 saturated carbocycles. The molecule has 118 valence electrons. The maximum Gasteiger partial charge on any atom is 0.236 e. The summed E-state index contributed by atoms with van der Waals surface area (Å²) < 4.78 is 0. The third-order valence-electron chi connectivity index (χ3n) is 4.69. The van der Waals surface area contributed by atoms with Gasteiger partial charge < -0.3 is 10.2 Å². The van der Waals surface area contributed by atoms with Crippen molar-refractivity contribution < 1.29 is 9.59 Å². The fraction of sp³-hybridized carbons (Fsp3) is 0.556. The van der Waals surface area contributed by atoms with E-state index < -0.39 is 0 Å². The zero-order valence-corrected chi connectivity index (χ0v) is 13.0. The average molecular weight is 300 g/mol. The van der Waals surface area contributed by atoms with Crippen molar-refractivity contribution in [2.75, 3.05) is 11.4 Å². The van der Waals surface area contributed by atoms with E-state index in [0.717, 1.165) is 31.4 Å². The van der Waals surface area contributed by atoms with Gasteiger partial charge in [0.15, 0.2) is 0 Å². The van der Waals surface area contributed by atoms with Gasteiger partial charge in [0, 0.05) is 18.3 Å². The molecule has 0 radical (unpaired) electrons. The molecule has 1 aliphatic carbocycles. The van der Waals surface area contributed by atoms with Crippen molar-refractivity contribution in [1.29, 1.82) is 0 Å². The van der Waals surface area contributed by atoms with E-state index in [9.17, 15) is 9.59 Å². The molecule has 1 aromatic rings. The number of fused-ring (bicyclic) bond motifs is 1. The molecule has 0 unspecified atom stereocenters. The third kappa shape index (κ3) is 3.49. The molecule has 2 aliphatic rings. The van der Waals surface area contributed by atoms with Gasteiger partial charge in [0.1, 0.15) is 6.42 Å². The second kappa shape index (κ2) is 6.95. The van der Waals surface area contributed by atoms with Crippen molar-refractivity contribution in [2.45, 2.75) is 57.4 Å². The van der Waals surface area contributed by atoms with Gasteiger partial charge in [-0.3, -0.25) is 9.59 Å². The van der Waals surface area contributed by atoms with Crippen molar-refractivity contribution in [3.63, 3.8) is 0 Å². The van der Waals surface area contributed by atoms with Gasteiger partial charge in [-0.2, -0.15) is 0 Å². The fourth-order valence-corrected chi connectivity index (χ4v) is 3.55. The predicted octanol–water partition coefficient (Wildman–Crippen LogP) is 2.80. The van der Waals surface area contributed by atoms with Crippen molar-refractivity contribution >= 4 is 17.5 Å². The smallest absolute Gasteiger partial charge is 0.236 e. The number of hydrogen-bond acceptors (Lipinski definition) is 2. The lowest BCUT2D eigenvalue weighted by molar-refractivity contribution is -0.128. The Balaban J connectivity index is 1.59. The first-order chi connectivity index (χ1) is 10.7. The Morgan fingerprint density at radius 3 is 2.68 bits per heavy atom. The Morgan fingerprint density at radius 1 is 1.09 bits per heavy atom. The lowest BCUT2D eigenvalue weighted by Crippen LogP contribution is -2.41. The van der Waals surface area contributed by atoms with Crippen LogP contribution < -0.4 is 10.2 Å². The normalized spacial score (nSPS) is 18.6. The van der Waals surface area contributed by atoms with Crippen LogP contribution in [0.5, 0.6) is 0 Å². The van der Waals surface area contributed by atoms with Crippen LogP contribution in [0.25, 0.3) is 0 Å². The minimum atomic E-state index is -0.125. The summed E-state index contributed by atoms with van der Waals surface area (Å²) in [6, 6.07) is 8.26. The molecular formula is C18H24N2O2. The van der Waals surface area contributed by atoms with Gasteiger partial charge in [0.05, 0.1) is 0 Å². The number of carbonyl (C=O) groups excluding carboxylic acids is 2. The number of rotatable bonds is 3. The third-order valence-corrected chi connectivity index (χ3v) is 4.69. The molecule has 0 saturated heterocycles. The number of carbonyl (C=O) groups is 2. The molecule has 2 amide bonds. The van der Waals surface area contributed by atoms with E-state index in [1.54, 1.807) is 4.90 Å². The number of para-hydroxylation sites is 1. The van der Waals surface area contributed by atoms with Crippen LogP contribution in [0.3, 0.4) is 0 Å². The van der Waals surface area contributed by atoms with Gasteiger partial charge in [-0.1, -0.05) is 37.5 Å². The summed E-state index contributed by atoms with van der Waals surface area (Å²) >= 11 is 0. The Kier molecular flexibility index (Phi) is 4.76. The zero-order valence-electron chi connectivity index (χ0n) is 13.0. The summed E-state index contributed by atoms with van der Waals surface area (Å²) in [5, 5.41) is 3.03. The molecule has 1 aromatic carbocycles. The van der Waals surface area contributed by atoms with E-state index in [-0.39, 0.29) is 24.3 Å². The highest BCUT2D eigenvalue weighted by atomic mass is 16.2. The number of amides is 2. The molecule has 4 heteroatoms. The van der Waals surface area contributed by atoms with Crippen molar-refractivity contribution in [3.05, 3.63) is 29.8 Å². The molecule has 1 aliphatic heterocycles. The molecule has 3 rings (SSSR count). The molecule has 4 nitrogen and oxygen atoms in total. The molecule has 0 atom stereocenters. The molecule has 0 aromatic heterocycles. The van der Waals surface area contributed by atoms with Crippen LogP contribution in [0, 0.1) is 0 Å². The maximum absolute atomic E-state index is 12.5. The molecule has 1 heterocycles. The maximum atomic E-state index is 12.5. The van der Waals surface area contributed by atoms with Gasteiger partial charge in [-0.15, -0.1) is 0 Å². The zero-order chi connectivity index (χ0) is 15.4. The van der Waals surface area contributed by atoms with Crippen LogP contribution in [0.2, 0.25) is 0 Å². The highest BCUT2D eigenvalue weighted by Gasteiger charge is 2.25. The minimum absolute atomic E-state index is 0.0369. The quantitative estimate of drug-likeness (QED) is 0.873. The van der Waals surface area contributed by atoms with E-state index in [0.29, 0.717) is 6.54 Å². The SMILES string of the molecule is O=C(CC(=O)N1CCCc2ccccc21)NC1CCCCC1. The molecule has 0 bridgehead atoms. The Morgan fingerprint density at radius 2 is 1.86 bits per heavy atom. The highest BCUT2D eigenvalue weighted by Crippen LogP contribution is 2.27. The first-order valence-corrected chi connectivity index (χ1v) is 8.41. The van der Waals surface area contributed by atoms with Gasteiger partial charge in [-0.25, -0.2) is 0 Å². The van der Waals surface area contributed by atoms with Crippen LogP contribution in [0.15, 0.2) is 24.3 Å². The van der Waals surface area contributed by atoms with Crippen LogP contribution in [0.1, 0.15) is 50.5 Å². The summed E-state index contributed by atoms with van der Waals surface area (Å²) in [5.41, 5.74) is 2.18. The summed E-state index contributed by atoms with van der Waals surface area (Å²) in [5.74, 6) is -0.208. The van der Waals surface area contributed by atoms with Crippen LogP contribution >= 0.6 is 0 Å². The summed E-state index contributed by atoms with van der Waals surface area (Å²) in [4.78, 5) is 26.4. The van der Waals surface area contributed by atoms with Crippen molar-refractivity contribution in [1.82, 2.24) is 5.32 Å². The predicted molar refractivity (Wildman–Crippen MR) is 86.7 cm³/mol. The minimum Gasteiger partial charge on any atom is -0.353 e. The number of nitrogens with zero attached hydrogens (tertiary/aromatic N) is 1.